The monoisotopic (exact) mass is 253 g/mol. The summed E-state index contributed by atoms with van der Waals surface area (Å²) in [7, 11) is 0.0497. The quantitative estimate of drug-likeness (QED) is 0.443. The van der Waals surface area contributed by atoms with Crippen LogP contribution in [0.2, 0.25) is 0 Å². The van der Waals surface area contributed by atoms with Crippen LogP contribution in [0.1, 0.15) is 19.3 Å². The van der Waals surface area contributed by atoms with E-state index in [1.165, 1.54) is 0 Å². The molecule has 2 aliphatic rings. The van der Waals surface area contributed by atoms with Gasteiger partial charge in [-0.1, -0.05) is 0 Å². The molecule has 18 heavy (non-hydrogen) atoms. The Morgan fingerprint density at radius 2 is 2.28 bits per heavy atom. The highest BCUT2D eigenvalue weighted by molar-refractivity contribution is 6.28. The van der Waals surface area contributed by atoms with E-state index in [9.17, 15) is 14.6 Å². The minimum absolute atomic E-state index is 0.00523. The molecule has 2 rings (SSSR count). The molecule has 2 saturated heterocycles. The number of nitrogens with zero attached hydrogens (tertiary/aromatic N) is 2. The van der Waals surface area contributed by atoms with Crippen molar-refractivity contribution in [1.29, 1.82) is 0 Å². The molecule has 0 aromatic carbocycles. The van der Waals surface area contributed by atoms with Crippen molar-refractivity contribution in [1.82, 2.24) is 15.1 Å². The molecule has 2 aliphatic heterocycles. The van der Waals surface area contributed by atoms with E-state index in [-0.39, 0.29) is 25.4 Å². The maximum atomic E-state index is 12.0. The first-order valence-electron chi connectivity index (χ1n) is 6.57. The number of carbonyl (C=O) groups is 2. The predicted octanol–water partition coefficient (Wildman–Crippen LogP) is -1.90. The lowest BCUT2D eigenvalue weighted by Gasteiger charge is -2.23. The van der Waals surface area contributed by atoms with Gasteiger partial charge in [0.1, 0.15) is 0 Å². The van der Waals surface area contributed by atoms with Crippen LogP contribution in [0.25, 0.3) is 0 Å². The van der Waals surface area contributed by atoms with E-state index >= 15 is 0 Å². The Bertz CT molecular complexity index is 316. The smallest absolute Gasteiger partial charge is 0.293 e. The van der Waals surface area contributed by atoms with Crippen LogP contribution in [0.5, 0.6) is 0 Å². The number of hydrogen-bond acceptors (Lipinski definition) is 4. The Morgan fingerprint density at radius 1 is 1.44 bits per heavy atom. The van der Waals surface area contributed by atoms with Crippen molar-refractivity contribution in [2.24, 2.45) is 0 Å². The van der Waals surface area contributed by atoms with Gasteiger partial charge in [0.2, 0.25) is 12.3 Å². The van der Waals surface area contributed by atoms with Gasteiger partial charge in [0, 0.05) is 31.6 Å². The van der Waals surface area contributed by atoms with Gasteiger partial charge in [-0.05, 0) is 19.3 Å². The van der Waals surface area contributed by atoms with Crippen LogP contribution in [0, 0.1) is 0 Å². The van der Waals surface area contributed by atoms with Crippen molar-refractivity contribution in [3.63, 3.8) is 0 Å². The average Bonchev–Trinajstić information content (AvgIpc) is 3.04. The van der Waals surface area contributed by atoms with E-state index < -0.39 is 0 Å². The van der Waals surface area contributed by atoms with Crippen LogP contribution in [-0.2, 0) is 9.59 Å². The Labute approximate surface area is 108 Å². The lowest BCUT2D eigenvalue weighted by atomic mass is 9.86. The normalized spacial score (nSPS) is 27.6. The Balaban J connectivity index is 1.73. The first kappa shape index (κ1) is 13.4. The van der Waals surface area contributed by atoms with E-state index in [0.717, 1.165) is 38.8 Å². The number of amides is 2. The van der Waals surface area contributed by atoms with Gasteiger partial charge in [0.05, 0.1) is 6.54 Å². The molecule has 0 saturated carbocycles. The minimum atomic E-state index is -0.00523. The molecule has 100 valence electrons. The third-order valence-electron chi connectivity index (χ3n) is 3.82. The first-order valence-corrected chi connectivity index (χ1v) is 6.57. The third kappa shape index (κ3) is 3.03. The molecule has 0 spiro atoms. The molecule has 2 heterocycles. The van der Waals surface area contributed by atoms with Crippen molar-refractivity contribution in [3.05, 3.63) is 0 Å². The fraction of sp³-hybridized carbons (Fsp3) is 0.818. The second-order valence-corrected chi connectivity index (χ2v) is 5.03. The highest BCUT2D eigenvalue weighted by atomic mass is 16.2. The molecule has 0 aliphatic carbocycles. The summed E-state index contributed by atoms with van der Waals surface area (Å²) in [4.78, 5) is 26.0. The fourth-order valence-electron chi connectivity index (χ4n) is 2.74. The summed E-state index contributed by atoms with van der Waals surface area (Å²) >= 11 is 0. The summed E-state index contributed by atoms with van der Waals surface area (Å²) in [5.41, 5.74) is 0. The van der Waals surface area contributed by atoms with Crippen LogP contribution in [0.15, 0.2) is 0 Å². The minimum Gasteiger partial charge on any atom is -0.452 e. The molecule has 2 N–H and O–H groups in total. The van der Waals surface area contributed by atoms with Gasteiger partial charge in [-0.25, -0.2) is 0 Å². The molecule has 7 heteroatoms. The summed E-state index contributed by atoms with van der Waals surface area (Å²) in [5, 5.41) is 12.4. The summed E-state index contributed by atoms with van der Waals surface area (Å²) < 4.78 is 0. The number of rotatable bonds is 5. The zero-order valence-electron chi connectivity index (χ0n) is 10.5. The Morgan fingerprint density at radius 3 is 2.94 bits per heavy atom. The highest BCUT2D eigenvalue weighted by Crippen LogP contribution is 2.15. The molecule has 0 aromatic heterocycles. The first-order chi connectivity index (χ1) is 8.74. The second-order valence-electron chi connectivity index (χ2n) is 5.03. The molecule has 0 aromatic rings. The van der Waals surface area contributed by atoms with E-state index in [2.05, 4.69) is 5.32 Å². The molecule has 6 nitrogen and oxygen atoms in total. The highest BCUT2D eigenvalue weighted by Gasteiger charge is 2.29. The summed E-state index contributed by atoms with van der Waals surface area (Å²) in [6, 6.07) is 0.217. The summed E-state index contributed by atoms with van der Waals surface area (Å²) in [6.45, 7) is 2.49. The fourth-order valence-corrected chi connectivity index (χ4v) is 2.74. The summed E-state index contributed by atoms with van der Waals surface area (Å²) in [5.74, 6) is 0.0467. The largest absolute Gasteiger partial charge is 0.452 e. The van der Waals surface area contributed by atoms with Gasteiger partial charge in [-0.3, -0.25) is 9.59 Å². The van der Waals surface area contributed by atoms with Gasteiger partial charge in [-0.15, -0.1) is 0 Å². The Hall–Kier alpha value is -1.08. The zero-order valence-corrected chi connectivity index (χ0v) is 10.5. The zero-order chi connectivity index (χ0) is 13.0. The lowest BCUT2D eigenvalue weighted by molar-refractivity contribution is -0.130. The van der Waals surface area contributed by atoms with Crippen LogP contribution in [0.4, 0.5) is 0 Å². The molecular weight excluding hydrogens is 233 g/mol. The molecule has 2 amide bonds. The number of nitrogens with one attached hydrogen (secondary N) is 1. The van der Waals surface area contributed by atoms with Crippen LogP contribution in [-0.4, -0.2) is 72.8 Å². The standard InChI is InChI=1S/C11H20BN3O3/c16-8-14-5-3-9(7-14)13-6-11(17)15-4-1-2-10(15)12-18/h8-10,12-13,18H,1-7H2/t9-,10+/m1/s1. The number of carbonyl (C=O) groups excluding carboxylic acids is 2. The van der Waals surface area contributed by atoms with Crippen molar-refractivity contribution < 1.29 is 14.6 Å². The van der Waals surface area contributed by atoms with Crippen LogP contribution >= 0.6 is 0 Å². The third-order valence-corrected chi connectivity index (χ3v) is 3.82. The van der Waals surface area contributed by atoms with Crippen molar-refractivity contribution in [3.8, 4) is 0 Å². The molecular formula is C11H20BN3O3. The number of hydrogen-bond donors (Lipinski definition) is 2. The lowest BCUT2D eigenvalue weighted by Crippen LogP contribution is -2.46. The van der Waals surface area contributed by atoms with Gasteiger partial charge in [0.15, 0.2) is 0 Å². The van der Waals surface area contributed by atoms with E-state index in [0.29, 0.717) is 13.1 Å². The van der Waals surface area contributed by atoms with Gasteiger partial charge >= 0.3 is 0 Å². The maximum Gasteiger partial charge on any atom is 0.293 e. The van der Waals surface area contributed by atoms with Crippen molar-refractivity contribution in [2.75, 3.05) is 26.2 Å². The number of likely N-dealkylation sites (tertiary alicyclic amines) is 2. The predicted molar refractivity (Wildman–Crippen MR) is 68.1 cm³/mol. The molecule has 0 radical (unpaired) electrons. The van der Waals surface area contributed by atoms with Gasteiger partial charge < -0.3 is 20.1 Å². The van der Waals surface area contributed by atoms with Crippen molar-refractivity contribution in [2.45, 2.75) is 31.2 Å². The van der Waals surface area contributed by atoms with E-state index in [1.807, 2.05) is 0 Å². The topological polar surface area (TPSA) is 72.9 Å². The van der Waals surface area contributed by atoms with E-state index in [4.69, 9.17) is 0 Å². The van der Waals surface area contributed by atoms with E-state index in [1.54, 1.807) is 9.80 Å². The molecule has 2 atom stereocenters. The molecule has 0 bridgehead atoms. The Kier molecular flexibility index (Phi) is 4.60. The maximum absolute atomic E-state index is 12.0. The van der Waals surface area contributed by atoms with Crippen LogP contribution < -0.4 is 5.32 Å². The van der Waals surface area contributed by atoms with Crippen LogP contribution in [0.3, 0.4) is 0 Å². The summed E-state index contributed by atoms with van der Waals surface area (Å²) in [6.07, 6.45) is 3.62. The van der Waals surface area contributed by atoms with Gasteiger partial charge in [0.25, 0.3) is 7.48 Å². The van der Waals surface area contributed by atoms with Crippen molar-refractivity contribution >= 4 is 19.8 Å². The van der Waals surface area contributed by atoms with Gasteiger partial charge in [-0.2, -0.15) is 0 Å². The molecule has 2 fully saturated rings. The molecule has 0 unspecified atom stereocenters. The average molecular weight is 253 g/mol. The SMILES string of the molecule is O=CN1CC[C@@H](NCC(=O)N2CCC[C@H]2BO)C1. The second kappa shape index (κ2) is 6.20.